The average molecular weight is 1640 g/mol. The number of anilines is 4. The topological polar surface area (TPSA) is 315 Å². The van der Waals surface area contributed by atoms with Gasteiger partial charge in [-0.15, -0.1) is 4.57 Å². The number of benzene rings is 7. The lowest BCUT2D eigenvalue weighted by atomic mass is 9.80. The number of nitrogens with one attached hydrogen (secondary N) is 5. The Hall–Kier alpha value is -11.0. The summed E-state index contributed by atoms with van der Waals surface area (Å²) < 4.78 is 72.8. The van der Waals surface area contributed by atoms with Gasteiger partial charge >= 0.3 is 0 Å². The van der Waals surface area contributed by atoms with Gasteiger partial charge < -0.3 is 46.2 Å². The molecule has 8 aromatic rings. The Morgan fingerprint density at radius 3 is 1.92 bits per heavy atom. The maximum atomic E-state index is 13.9. The van der Waals surface area contributed by atoms with Gasteiger partial charge in [0, 0.05) is 180 Å². The minimum atomic E-state index is -4.48. The van der Waals surface area contributed by atoms with Gasteiger partial charge in [-0.25, -0.2) is 4.98 Å². The highest BCUT2D eigenvalue weighted by Crippen LogP contribution is 2.49. The van der Waals surface area contributed by atoms with Crippen molar-refractivity contribution in [1.29, 1.82) is 0 Å². The minimum absolute atomic E-state index is 0.0228. The number of aromatic nitrogens is 2. The van der Waals surface area contributed by atoms with Gasteiger partial charge in [0.05, 0.1) is 33.1 Å². The second kappa shape index (κ2) is 38.1. The number of hydrogen-bond donors (Lipinski definition) is 7. The van der Waals surface area contributed by atoms with Crippen molar-refractivity contribution in [3.63, 3.8) is 0 Å². The number of carbonyl (C=O) groups is 5. The fourth-order valence-corrected chi connectivity index (χ4v) is 17.6. The summed E-state index contributed by atoms with van der Waals surface area (Å²) in [5.41, 5.74) is 12.4. The van der Waals surface area contributed by atoms with Gasteiger partial charge in [-0.3, -0.25) is 38.0 Å². The third-order valence-electron chi connectivity index (χ3n) is 23.2. The van der Waals surface area contributed by atoms with E-state index in [-0.39, 0.29) is 53.6 Å². The normalized spacial score (nSPS) is 16.3. The van der Waals surface area contributed by atoms with Gasteiger partial charge in [0.25, 0.3) is 26.1 Å². The molecule has 4 heterocycles. The number of unbranched alkanes of at least 4 members (excludes halogenated alkanes) is 2. The molecule has 622 valence electrons. The molecule has 2 fully saturated rings. The summed E-state index contributed by atoms with van der Waals surface area (Å²) in [6, 6.07) is 47.4. The van der Waals surface area contributed by atoms with Gasteiger partial charge in [0.2, 0.25) is 46.0 Å². The molecule has 3 aliphatic heterocycles. The first-order valence-electron chi connectivity index (χ1n) is 41.1. The summed E-state index contributed by atoms with van der Waals surface area (Å²) in [6.45, 7) is 22.5. The van der Waals surface area contributed by atoms with E-state index < -0.39 is 48.4 Å². The van der Waals surface area contributed by atoms with Gasteiger partial charge in [0.1, 0.15) is 23.1 Å². The number of rotatable bonds is 35. The van der Waals surface area contributed by atoms with Crippen LogP contribution in [0.15, 0.2) is 208 Å². The van der Waals surface area contributed by atoms with Crippen LogP contribution in [0.25, 0.3) is 27.8 Å². The van der Waals surface area contributed by atoms with Crippen LogP contribution in [0.3, 0.4) is 0 Å². The molecular weight excluding hydrogens is 1530 g/mol. The first kappa shape index (κ1) is 86.3. The van der Waals surface area contributed by atoms with E-state index in [4.69, 9.17) is 4.98 Å². The smallest absolute Gasteiger partial charge is 0.294 e. The summed E-state index contributed by atoms with van der Waals surface area (Å²) in [4.78, 5) is 82.8. The lowest BCUT2D eigenvalue weighted by molar-refractivity contribution is -0.538. The summed E-state index contributed by atoms with van der Waals surface area (Å²) in [5.74, 6) is -1.39. The summed E-state index contributed by atoms with van der Waals surface area (Å²) >= 11 is 0. The van der Waals surface area contributed by atoms with Crippen molar-refractivity contribution in [3.05, 3.63) is 204 Å². The number of hydrogen-bond acceptors (Lipinski definition) is 17. The molecule has 0 unspecified atom stereocenters. The van der Waals surface area contributed by atoms with Gasteiger partial charge in [-0.1, -0.05) is 76.0 Å². The van der Waals surface area contributed by atoms with Crippen LogP contribution in [-0.2, 0) is 50.2 Å². The number of amides is 5. The van der Waals surface area contributed by atoms with E-state index in [0.717, 1.165) is 149 Å². The molecule has 1 aliphatic carbocycles. The van der Waals surface area contributed by atoms with Crippen molar-refractivity contribution in [2.24, 2.45) is 10.2 Å². The molecule has 0 spiro atoms. The van der Waals surface area contributed by atoms with Crippen molar-refractivity contribution in [2.75, 3.05) is 118 Å². The van der Waals surface area contributed by atoms with Crippen LogP contribution in [-0.4, -0.2) is 180 Å². The maximum absolute atomic E-state index is 13.9. The third-order valence-corrected chi connectivity index (χ3v) is 24.9. The highest BCUT2D eigenvalue weighted by atomic mass is 32.2. The Bertz CT molecular complexity index is 5400. The monoisotopic (exact) mass is 1640 g/mol. The zero-order valence-corrected chi connectivity index (χ0v) is 70.5. The van der Waals surface area contributed by atoms with Crippen molar-refractivity contribution < 1.29 is 59.1 Å². The molecule has 1 aromatic heterocycles. The van der Waals surface area contributed by atoms with E-state index in [1.807, 2.05) is 127 Å². The van der Waals surface area contributed by atoms with Crippen molar-refractivity contribution in [1.82, 2.24) is 36.5 Å². The van der Waals surface area contributed by atoms with E-state index in [2.05, 4.69) is 133 Å². The van der Waals surface area contributed by atoms with Crippen LogP contribution in [0.4, 0.5) is 39.8 Å². The van der Waals surface area contributed by atoms with E-state index in [0.29, 0.717) is 82.4 Å². The number of piperazine rings is 1. The molecule has 28 heteroatoms. The van der Waals surface area contributed by atoms with Gasteiger partial charge in [0.15, 0.2) is 5.71 Å². The van der Waals surface area contributed by atoms with Crippen LogP contribution in [0.2, 0.25) is 0 Å². The molecule has 0 atom stereocenters. The number of azo groups is 1. The Kier molecular flexibility index (Phi) is 27.9. The Morgan fingerprint density at radius 2 is 1.24 bits per heavy atom. The van der Waals surface area contributed by atoms with Crippen LogP contribution < -0.4 is 50.8 Å². The molecule has 4 aliphatic rings. The maximum Gasteiger partial charge on any atom is 0.294 e. The Morgan fingerprint density at radius 1 is 0.593 bits per heavy atom. The van der Waals surface area contributed by atoms with Crippen LogP contribution >= 0.6 is 0 Å². The summed E-state index contributed by atoms with van der Waals surface area (Å²) in [5, 5.41) is 23.7. The lowest BCUT2D eigenvalue weighted by Gasteiger charge is -2.37. The minimum Gasteiger partial charge on any atom is -0.375 e. The van der Waals surface area contributed by atoms with Gasteiger partial charge in [-0.2, -0.15) is 31.6 Å². The molecule has 12 rings (SSSR count). The highest BCUT2D eigenvalue weighted by molar-refractivity contribution is 7.86. The molecule has 7 N–H and O–H groups in total. The SMILES string of the molecule is CCN(CC)c1ccc2nc3cc(N=Nc4ccc(N(C)CCCC(=O)NCCN5CCN(c6ccc(C(=O)NC7(C(=O)NCC(=O)NCCNC(=O)CCCCCN8\C(=C/C=C/C=C/C9=[N+](CC)c%10ccc(S(=O)(=O)O)cc%10C9(C)C)C(C)(C)c9cc(S(=O)(=O)O)ccc98)CCCCC7)cc6)CC5)cc4)ccc3[n+](-c3ccccc3)c2c1. The summed E-state index contributed by atoms with van der Waals surface area (Å²) in [6.07, 6.45) is 16.3. The third kappa shape index (κ3) is 20.5. The van der Waals surface area contributed by atoms with Crippen LogP contribution in [0.5, 0.6) is 0 Å². The highest BCUT2D eigenvalue weighted by Gasteiger charge is 2.46. The quantitative estimate of drug-likeness (QED) is 0.00485. The predicted molar refractivity (Wildman–Crippen MR) is 464 cm³/mol. The Labute approximate surface area is 692 Å². The van der Waals surface area contributed by atoms with E-state index >= 15 is 0 Å². The van der Waals surface area contributed by atoms with Crippen molar-refractivity contribution >= 4 is 117 Å². The molecular formula is C90H111N15O11S2+2. The zero-order valence-electron chi connectivity index (χ0n) is 68.9. The van der Waals surface area contributed by atoms with Crippen LogP contribution in [0.1, 0.15) is 141 Å². The number of carbonyl (C=O) groups excluding carboxylic acids is 5. The van der Waals surface area contributed by atoms with Crippen molar-refractivity contribution in [2.45, 2.75) is 145 Å². The van der Waals surface area contributed by atoms with Gasteiger partial charge in [-0.05, 0) is 181 Å². The lowest BCUT2D eigenvalue weighted by Crippen LogP contribution is -2.60. The second-order valence-corrected chi connectivity index (χ2v) is 34.5. The number of fused-ring (bicyclic) bond motifs is 4. The van der Waals surface area contributed by atoms with E-state index in [1.54, 1.807) is 24.3 Å². The molecule has 118 heavy (non-hydrogen) atoms. The fourth-order valence-electron chi connectivity index (χ4n) is 16.6. The Balaban J connectivity index is 0.525. The molecule has 5 amide bonds. The largest absolute Gasteiger partial charge is 0.375 e. The van der Waals surface area contributed by atoms with E-state index in [1.165, 1.54) is 24.3 Å². The molecule has 1 saturated carbocycles. The fraction of sp³-hybridized carbons (Fsp3) is 0.400. The molecule has 7 aromatic carbocycles. The number of nitrogens with zero attached hydrogens (tertiary/aromatic N) is 10. The molecule has 26 nitrogen and oxygen atoms in total. The first-order valence-corrected chi connectivity index (χ1v) is 44.0. The number of para-hydroxylation sites is 1. The molecule has 1 saturated heterocycles. The molecule has 0 radical (unpaired) electrons. The predicted octanol–water partition coefficient (Wildman–Crippen LogP) is 12.8. The number of allylic oxidation sites excluding steroid dienone is 6. The van der Waals surface area contributed by atoms with Crippen molar-refractivity contribution in [3.8, 4) is 5.69 Å². The standard InChI is InChI=1S/C90H109N15O11S2/c1-9-101(10-2)70-40-43-75-80(60-70)105(69-25-16-12-17-26-69)79-44-35-66(59-76(79)95-75)98-97-65-33-38-67(39-34-65)99(8)52-24-30-84(107)93-51-54-100-55-57-102(58-56-100)68-36-31-64(32-37-68)86(109)96-90(47-21-15-22-48-90)87(110)94-63-85(108)92-50-49-91-83(106)29-20-14-23-53-104-78-46-42-72(118(114,115)116)62-74(78)89(6,7)82(104)28-19-13-18-27-81-88(4,5)73-61-71(117(111,112)113)41-45-77(73)103(81)11-3/h12-13,16-19,25-28,31-46,59-62H,9-11,14-15,20-24,29-30,47-58,63H2,1-8H3,(H5-2,91,92,93,94,96,106,107,108,109,110,111,112,113,114,115,116)/p+2. The molecule has 0 bridgehead atoms. The summed E-state index contributed by atoms with van der Waals surface area (Å²) in [7, 11) is -6.86. The average Bonchev–Trinajstić information content (AvgIpc) is 1.55. The first-order chi connectivity index (χ1) is 56.6. The van der Waals surface area contributed by atoms with Crippen LogP contribution in [0, 0.1) is 0 Å². The second-order valence-electron chi connectivity index (χ2n) is 31.7. The zero-order chi connectivity index (χ0) is 83.9. The van der Waals surface area contributed by atoms with E-state index in [9.17, 15) is 49.9 Å².